The first-order valence-corrected chi connectivity index (χ1v) is 8.09. The molecule has 2 aliphatic rings. The molecule has 0 aromatic heterocycles. The second-order valence-corrected chi connectivity index (χ2v) is 6.14. The van der Waals surface area contributed by atoms with Gasteiger partial charge in [-0.15, -0.1) is 0 Å². The second kappa shape index (κ2) is 6.37. The smallest absolute Gasteiger partial charge is 0.320 e. The van der Waals surface area contributed by atoms with Gasteiger partial charge in [-0.1, -0.05) is 12.1 Å². The first kappa shape index (κ1) is 14.2. The Balaban J connectivity index is 1.56. The van der Waals surface area contributed by atoms with Gasteiger partial charge in [-0.05, 0) is 43.9 Å². The molecule has 3 rings (SSSR count). The number of aryl methyl sites for hydroxylation is 1. The molecule has 2 aliphatic heterocycles. The Hall–Kier alpha value is -1.71. The zero-order valence-corrected chi connectivity index (χ0v) is 12.9. The van der Waals surface area contributed by atoms with Gasteiger partial charge in [0.05, 0.1) is 0 Å². The Morgan fingerprint density at radius 3 is 2.24 bits per heavy atom. The number of rotatable bonds is 1. The summed E-state index contributed by atoms with van der Waals surface area (Å²) >= 11 is 0. The number of anilines is 1. The number of piperidine rings is 1. The number of amides is 2. The summed E-state index contributed by atoms with van der Waals surface area (Å²) in [5.74, 6) is 0. The summed E-state index contributed by atoms with van der Waals surface area (Å²) in [6.07, 6.45) is 3.59. The summed E-state index contributed by atoms with van der Waals surface area (Å²) in [5.41, 5.74) is 2.57. The summed E-state index contributed by atoms with van der Waals surface area (Å²) in [4.78, 5) is 18.9. The van der Waals surface area contributed by atoms with E-state index >= 15 is 0 Å². The lowest BCUT2D eigenvalue weighted by Crippen LogP contribution is -2.53. The number of piperazine rings is 1. The van der Waals surface area contributed by atoms with Gasteiger partial charge in [-0.2, -0.15) is 0 Å². The average molecular weight is 287 g/mol. The van der Waals surface area contributed by atoms with Crippen LogP contribution in [-0.4, -0.2) is 55.1 Å². The Morgan fingerprint density at radius 1 is 0.905 bits per heavy atom. The SMILES string of the molecule is Cc1cccc(N2CCN(C(=O)N3CCCCC3)CC2)c1. The number of carbonyl (C=O) groups is 1. The minimum Gasteiger partial charge on any atom is -0.368 e. The molecular weight excluding hydrogens is 262 g/mol. The van der Waals surface area contributed by atoms with Crippen molar-refractivity contribution < 1.29 is 4.79 Å². The topological polar surface area (TPSA) is 26.8 Å². The molecule has 0 spiro atoms. The predicted molar refractivity (Wildman–Crippen MR) is 85.8 cm³/mol. The predicted octanol–water partition coefficient (Wildman–Crippen LogP) is 2.72. The first-order valence-electron chi connectivity index (χ1n) is 8.09. The minimum absolute atomic E-state index is 0.249. The van der Waals surface area contributed by atoms with Crippen LogP contribution < -0.4 is 4.90 Å². The van der Waals surface area contributed by atoms with E-state index in [0.717, 1.165) is 52.1 Å². The minimum atomic E-state index is 0.249. The molecule has 2 amide bonds. The summed E-state index contributed by atoms with van der Waals surface area (Å²) in [6, 6.07) is 8.87. The lowest BCUT2D eigenvalue weighted by atomic mass is 10.1. The van der Waals surface area contributed by atoms with Crippen molar-refractivity contribution in [2.75, 3.05) is 44.2 Å². The van der Waals surface area contributed by atoms with Crippen molar-refractivity contribution in [3.05, 3.63) is 29.8 Å². The summed E-state index contributed by atoms with van der Waals surface area (Å²) in [7, 11) is 0. The highest BCUT2D eigenvalue weighted by Crippen LogP contribution is 2.19. The standard InChI is InChI=1S/C17H25N3O/c1-15-6-5-7-16(14-15)18-10-12-20(13-11-18)17(21)19-8-3-2-4-9-19/h5-7,14H,2-4,8-13H2,1H3. The highest BCUT2D eigenvalue weighted by molar-refractivity contribution is 5.75. The van der Waals surface area contributed by atoms with E-state index < -0.39 is 0 Å². The number of hydrogen-bond donors (Lipinski definition) is 0. The molecule has 0 saturated carbocycles. The van der Waals surface area contributed by atoms with Crippen LogP contribution in [0.4, 0.5) is 10.5 Å². The van der Waals surface area contributed by atoms with E-state index in [-0.39, 0.29) is 6.03 Å². The van der Waals surface area contributed by atoms with Crippen LogP contribution in [0.3, 0.4) is 0 Å². The van der Waals surface area contributed by atoms with Crippen LogP contribution in [0.1, 0.15) is 24.8 Å². The molecule has 0 N–H and O–H groups in total. The van der Waals surface area contributed by atoms with Gasteiger partial charge in [-0.3, -0.25) is 0 Å². The van der Waals surface area contributed by atoms with Crippen molar-refractivity contribution in [2.45, 2.75) is 26.2 Å². The molecule has 2 fully saturated rings. The maximum Gasteiger partial charge on any atom is 0.320 e. The number of benzene rings is 1. The lowest BCUT2D eigenvalue weighted by Gasteiger charge is -2.39. The monoisotopic (exact) mass is 287 g/mol. The maximum atomic E-state index is 12.5. The van der Waals surface area contributed by atoms with Crippen molar-refractivity contribution in [2.24, 2.45) is 0 Å². The van der Waals surface area contributed by atoms with Gasteiger partial charge >= 0.3 is 6.03 Å². The van der Waals surface area contributed by atoms with E-state index in [1.165, 1.54) is 17.7 Å². The second-order valence-electron chi connectivity index (χ2n) is 6.14. The number of nitrogens with zero attached hydrogens (tertiary/aromatic N) is 3. The molecule has 0 unspecified atom stereocenters. The van der Waals surface area contributed by atoms with E-state index in [4.69, 9.17) is 0 Å². The fourth-order valence-electron chi connectivity index (χ4n) is 3.27. The quantitative estimate of drug-likeness (QED) is 0.794. The molecule has 1 aromatic rings. The molecule has 2 heterocycles. The van der Waals surface area contributed by atoms with Crippen molar-refractivity contribution in [3.63, 3.8) is 0 Å². The summed E-state index contributed by atoms with van der Waals surface area (Å²) < 4.78 is 0. The van der Waals surface area contributed by atoms with Gasteiger partial charge in [0.2, 0.25) is 0 Å². The molecule has 0 bridgehead atoms. The molecule has 4 nitrogen and oxygen atoms in total. The van der Waals surface area contributed by atoms with E-state index in [9.17, 15) is 4.79 Å². The van der Waals surface area contributed by atoms with Crippen LogP contribution in [0, 0.1) is 6.92 Å². The van der Waals surface area contributed by atoms with Crippen molar-refractivity contribution in [3.8, 4) is 0 Å². The molecule has 0 aliphatic carbocycles. The Bertz CT molecular complexity index is 489. The fraction of sp³-hybridized carbons (Fsp3) is 0.588. The van der Waals surface area contributed by atoms with Gasteiger partial charge in [-0.25, -0.2) is 4.79 Å². The molecule has 4 heteroatoms. The summed E-state index contributed by atoms with van der Waals surface area (Å²) in [6.45, 7) is 7.55. The van der Waals surface area contributed by atoms with Gasteiger partial charge in [0.1, 0.15) is 0 Å². The van der Waals surface area contributed by atoms with Gasteiger partial charge < -0.3 is 14.7 Å². The van der Waals surface area contributed by atoms with Crippen LogP contribution in [0.2, 0.25) is 0 Å². The Kier molecular flexibility index (Phi) is 4.32. The van der Waals surface area contributed by atoms with E-state index in [2.05, 4.69) is 36.1 Å². The highest BCUT2D eigenvalue weighted by Gasteiger charge is 2.26. The molecular formula is C17H25N3O. The lowest BCUT2D eigenvalue weighted by molar-refractivity contribution is 0.141. The van der Waals surface area contributed by atoms with E-state index in [1.54, 1.807) is 0 Å². The van der Waals surface area contributed by atoms with Crippen LogP contribution >= 0.6 is 0 Å². The van der Waals surface area contributed by atoms with Crippen LogP contribution in [0.15, 0.2) is 24.3 Å². The van der Waals surface area contributed by atoms with E-state index in [1.807, 2.05) is 9.80 Å². The molecule has 2 saturated heterocycles. The zero-order valence-electron chi connectivity index (χ0n) is 12.9. The summed E-state index contributed by atoms with van der Waals surface area (Å²) in [5, 5.41) is 0. The maximum absolute atomic E-state index is 12.5. The van der Waals surface area contributed by atoms with Crippen molar-refractivity contribution in [1.29, 1.82) is 0 Å². The zero-order chi connectivity index (χ0) is 14.7. The Morgan fingerprint density at radius 2 is 1.57 bits per heavy atom. The van der Waals surface area contributed by atoms with Crippen molar-refractivity contribution in [1.82, 2.24) is 9.80 Å². The van der Waals surface area contributed by atoms with Gasteiger partial charge in [0.25, 0.3) is 0 Å². The van der Waals surface area contributed by atoms with E-state index in [0.29, 0.717) is 0 Å². The molecule has 1 aromatic carbocycles. The number of carbonyl (C=O) groups excluding carboxylic acids is 1. The molecule has 0 atom stereocenters. The number of hydrogen-bond acceptors (Lipinski definition) is 2. The Labute approximate surface area is 127 Å². The largest absolute Gasteiger partial charge is 0.368 e. The third kappa shape index (κ3) is 3.31. The fourth-order valence-corrected chi connectivity index (χ4v) is 3.27. The van der Waals surface area contributed by atoms with Gasteiger partial charge in [0.15, 0.2) is 0 Å². The molecule has 114 valence electrons. The van der Waals surface area contributed by atoms with Crippen LogP contribution in [0.25, 0.3) is 0 Å². The molecule has 21 heavy (non-hydrogen) atoms. The highest BCUT2D eigenvalue weighted by atomic mass is 16.2. The third-order valence-electron chi connectivity index (χ3n) is 4.54. The van der Waals surface area contributed by atoms with Crippen LogP contribution in [-0.2, 0) is 0 Å². The number of urea groups is 1. The normalized spacial score (nSPS) is 19.8. The van der Waals surface area contributed by atoms with Gasteiger partial charge in [0, 0.05) is 45.0 Å². The first-order chi connectivity index (χ1) is 10.2. The average Bonchev–Trinajstić information content (AvgIpc) is 2.55. The van der Waals surface area contributed by atoms with Crippen LogP contribution in [0.5, 0.6) is 0 Å². The third-order valence-corrected chi connectivity index (χ3v) is 4.54. The molecule has 0 radical (unpaired) electrons. The number of likely N-dealkylation sites (tertiary alicyclic amines) is 1. The van der Waals surface area contributed by atoms with Crippen molar-refractivity contribution >= 4 is 11.7 Å².